The fourth-order valence-electron chi connectivity index (χ4n) is 3.42. The number of hydrogen-bond acceptors (Lipinski definition) is 5. The summed E-state index contributed by atoms with van der Waals surface area (Å²) in [6.45, 7) is 4.98. The third-order valence-corrected chi connectivity index (χ3v) is 4.97. The maximum atomic E-state index is 4.79. The molecule has 0 aliphatic heterocycles. The van der Waals surface area contributed by atoms with Crippen molar-refractivity contribution in [3.05, 3.63) is 72.2 Å². The molecule has 0 bridgehead atoms. The van der Waals surface area contributed by atoms with Gasteiger partial charge in [0.25, 0.3) is 0 Å². The lowest BCUT2D eigenvalue weighted by Crippen LogP contribution is -2.03. The zero-order chi connectivity index (χ0) is 18.4. The van der Waals surface area contributed by atoms with Crippen LogP contribution in [0.25, 0.3) is 28.1 Å². The van der Waals surface area contributed by atoms with E-state index in [1.54, 1.807) is 23.2 Å². The van der Waals surface area contributed by atoms with Gasteiger partial charge in [0.05, 0.1) is 5.39 Å². The number of aryl methyl sites for hydroxylation is 1. The van der Waals surface area contributed by atoms with Crippen molar-refractivity contribution in [3.8, 4) is 11.4 Å². The molecule has 0 unspecified atom stereocenters. The van der Waals surface area contributed by atoms with Gasteiger partial charge in [-0.2, -0.15) is 0 Å². The van der Waals surface area contributed by atoms with Gasteiger partial charge < -0.3 is 4.57 Å². The molecule has 132 valence electrons. The van der Waals surface area contributed by atoms with Crippen molar-refractivity contribution in [1.82, 2.24) is 34.1 Å². The van der Waals surface area contributed by atoms with E-state index >= 15 is 0 Å². The lowest BCUT2D eigenvalue weighted by atomic mass is 10.2. The summed E-state index contributed by atoms with van der Waals surface area (Å²) in [7, 11) is 0. The summed E-state index contributed by atoms with van der Waals surface area (Å²) in [5.41, 5.74) is 6.21. The van der Waals surface area contributed by atoms with Crippen LogP contribution in [0.3, 0.4) is 0 Å². The molecule has 0 radical (unpaired) electrons. The summed E-state index contributed by atoms with van der Waals surface area (Å²) in [4.78, 5) is 17.6. The average Bonchev–Trinajstić information content (AvgIpc) is 3.25. The number of aromatic nitrogens is 7. The first kappa shape index (κ1) is 15.6. The number of fused-ring (bicyclic) bond motifs is 3. The number of pyridine rings is 2. The molecular weight excluding hydrogens is 338 g/mol. The zero-order valence-corrected chi connectivity index (χ0v) is 15.0. The predicted octanol–water partition coefficient (Wildman–Crippen LogP) is 3.20. The molecule has 5 rings (SSSR count). The van der Waals surface area contributed by atoms with Gasteiger partial charge in [-0.15, -0.1) is 5.10 Å². The van der Waals surface area contributed by atoms with E-state index in [-0.39, 0.29) is 0 Å². The first-order valence-corrected chi connectivity index (χ1v) is 8.72. The molecule has 5 aromatic rings. The Labute approximate surface area is 155 Å². The Hall–Kier alpha value is -3.61. The minimum absolute atomic E-state index is 0.672. The van der Waals surface area contributed by atoms with Crippen LogP contribution in [0.5, 0.6) is 0 Å². The lowest BCUT2D eigenvalue weighted by molar-refractivity contribution is 0.786. The van der Waals surface area contributed by atoms with Gasteiger partial charge in [0.2, 0.25) is 0 Å². The van der Waals surface area contributed by atoms with Crippen molar-refractivity contribution >= 4 is 16.7 Å². The molecule has 7 nitrogen and oxygen atoms in total. The van der Waals surface area contributed by atoms with Crippen LogP contribution >= 0.6 is 0 Å². The van der Waals surface area contributed by atoms with Gasteiger partial charge in [0, 0.05) is 42.6 Å². The highest BCUT2D eigenvalue weighted by Crippen LogP contribution is 2.28. The van der Waals surface area contributed by atoms with Crippen LogP contribution in [-0.2, 0) is 6.54 Å². The second-order valence-corrected chi connectivity index (χ2v) is 6.53. The van der Waals surface area contributed by atoms with Crippen LogP contribution in [0.2, 0.25) is 0 Å². The minimum Gasteiger partial charge on any atom is -0.325 e. The topological polar surface area (TPSA) is 73.8 Å². The zero-order valence-electron chi connectivity index (χ0n) is 15.0. The number of nitrogens with zero attached hydrogens (tertiary/aromatic N) is 7. The molecule has 0 fully saturated rings. The molecule has 5 heterocycles. The third kappa shape index (κ3) is 2.47. The highest BCUT2D eigenvalue weighted by molar-refractivity contribution is 5.94. The molecule has 27 heavy (non-hydrogen) atoms. The third-order valence-electron chi connectivity index (χ3n) is 4.97. The highest BCUT2D eigenvalue weighted by atomic mass is 15.3. The van der Waals surface area contributed by atoms with Gasteiger partial charge in [0.1, 0.15) is 12.0 Å². The Bertz CT molecular complexity index is 1250. The smallest absolute Gasteiger partial charge is 0.182 e. The molecule has 0 amide bonds. The second-order valence-electron chi connectivity index (χ2n) is 6.53. The van der Waals surface area contributed by atoms with Gasteiger partial charge in [0.15, 0.2) is 11.5 Å². The molecule has 0 saturated heterocycles. The van der Waals surface area contributed by atoms with E-state index in [1.165, 1.54) is 16.8 Å². The summed E-state index contributed by atoms with van der Waals surface area (Å²) in [6.07, 6.45) is 8.85. The first-order chi connectivity index (χ1) is 13.2. The number of hydrogen-bond donors (Lipinski definition) is 0. The second kappa shape index (κ2) is 5.98. The Morgan fingerprint density at radius 1 is 0.889 bits per heavy atom. The van der Waals surface area contributed by atoms with E-state index in [0.717, 1.165) is 28.8 Å². The fraction of sp³-hybridized carbons (Fsp3) is 0.150. The van der Waals surface area contributed by atoms with Crippen molar-refractivity contribution in [2.45, 2.75) is 20.4 Å². The summed E-state index contributed by atoms with van der Waals surface area (Å²) < 4.78 is 3.97. The van der Waals surface area contributed by atoms with Gasteiger partial charge in [-0.1, -0.05) is 0 Å². The van der Waals surface area contributed by atoms with Crippen molar-refractivity contribution in [2.75, 3.05) is 0 Å². The molecule has 0 aromatic carbocycles. The highest BCUT2D eigenvalue weighted by Gasteiger charge is 2.18. The molecule has 0 spiro atoms. The van der Waals surface area contributed by atoms with E-state index in [2.05, 4.69) is 38.5 Å². The Morgan fingerprint density at radius 2 is 1.59 bits per heavy atom. The van der Waals surface area contributed by atoms with E-state index in [0.29, 0.717) is 5.82 Å². The van der Waals surface area contributed by atoms with Gasteiger partial charge in [-0.05, 0) is 49.2 Å². The van der Waals surface area contributed by atoms with Crippen molar-refractivity contribution < 1.29 is 0 Å². The predicted molar refractivity (Wildman–Crippen MR) is 102 cm³/mol. The van der Waals surface area contributed by atoms with Crippen LogP contribution in [0.4, 0.5) is 0 Å². The van der Waals surface area contributed by atoms with Gasteiger partial charge in [-0.25, -0.2) is 14.5 Å². The molecule has 7 heteroatoms. The average molecular weight is 355 g/mol. The van der Waals surface area contributed by atoms with Crippen molar-refractivity contribution in [3.63, 3.8) is 0 Å². The first-order valence-electron chi connectivity index (χ1n) is 8.72. The largest absolute Gasteiger partial charge is 0.325 e. The van der Waals surface area contributed by atoms with Crippen LogP contribution in [-0.4, -0.2) is 34.1 Å². The maximum Gasteiger partial charge on any atom is 0.182 e. The van der Waals surface area contributed by atoms with Gasteiger partial charge >= 0.3 is 0 Å². The lowest BCUT2D eigenvalue weighted by Gasteiger charge is -2.07. The maximum absolute atomic E-state index is 4.79. The molecule has 0 aliphatic carbocycles. The Balaban J connectivity index is 1.72. The standard InChI is InChI=1S/C20H17N7/c1-13-14(2)26(11-15-3-7-21-8-4-15)19-17(13)20-24-18(25-27(20)12-23-19)16-5-9-22-10-6-16/h3-10,12H,11H2,1-2H3. The van der Waals surface area contributed by atoms with Crippen LogP contribution < -0.4 is 0 Å². The minimum atomic E-state index is 0.672. The molecule has 0 N–H and O–H groups in total. The summed E-state index contributed by atoms with van der Waals surface area (Å²) in [5, 5.41) is 5.63. The van der Waals surface area contributed by atoms with Gasteiger partial charge in [-0.3, -0.25) is 9.97 Å². The quantitative estimate of drug-likeness (QED) is 0.497. The Kier molecular flexibility index (Phi) is 3.46. The van der Waals surface area contributed by atoms with E-state index in [9.17, 15) is 0 Å². The monoisotopic (exact) mass is 355 g/mol. The molecule has 0 aliphatic rings. The molecule has 0 saturated carbocycles. The van der Waals surface area contributed by atoms with E-state index in [1.807, 2.05) is 36.7 Å². The molecular formula is C20H17N7. The van der Waals surface area contributed by atoms with E-state index in [4.69, 9.17) is 4.98 Å². The van der Waals surface area contributed by atoms with E-state index < -0.39 is 0 Å². The van der Waals surface area contributed by atoms with Crippen LogP contribution in [0, 0.1) is 13.8 Å². The van der Waals surface area contributed by atoms with Crippen molar-refractivity contribution in [2.24, 2.45) is 0 Å². The van der Waals surface area contributed by atoms with Crippen molar-refractivity contribution in [1.29, 1.82) is 0 Å². The fourth-order valence-corrected chi connectivity index (χ4v) is 3.42. The SMILES string of the molecule is Cc1c(C)n(Cc2ccncc2)c2ncn3nc(-c4ccncc4)nc3c12. The normalized spacial score (nSPS) is 11.5. The molecule has 5 aromatic heterocycles. The van der Waals surface area contributed by atoms with Crippen LogP contribution in [0.1, 0.15) is 16.8 Å². The number of rotatable bonds is 3. The Morgan fingerprint density at radius 3 is 2.33 bits per heavy atom. The summed E-state index contributed by atoms with van der Waals surface area (Å²) in [5.74, 6) is 0.672. The summed E-state index contributed by atoms with van der Waals surface area (Å²) in [6, 6.07) is 7.87. The summed E-state index contributed by atoms with van der Waals surface area (Å²) >= 11 is 0. The molecule has 0 atom stereocenters. The van der Waals surface area contributed by atoms with Crippen LogP contribution in [0.15, 0.2) is 55.4 Å².